The van der Waals surface area contributed by atoms with E-state index in [1.807, 2.05) is 6.07 Å². The number of nitrogen functional groups attached to an aromatic ring is 1. The number of hydrogen-bond donors (Lipinski definition) is 1. The minimum absolute atomic E-state index is 0.585. The maximum absolute atomic E-state index is 5.81. The van der Waals surface area contributed by atoms with E-state index >= 15 is 0 Å². The van der Waals surface area contributed by atoms with Crippen molar-refractivity contribution in [2.24, 2.45) is 0 Å². The third kappa shape index (κ3) is 2.40. The quantitative estimate of drug-likeness (QED) is 0.730. The van der Waals surface area contributed by atoms with Gasteiger partial charge in [0.05, 0.1) is 24.1 Å². The van der Waals surface area contributed by atoms with Crippen LogP contribution in [0.25, 0.3) is 0 Å². The molecule has 0 spiro atoms. The van der Waals surface area contributed by atoms with Crippen LogP contribution in [0.2, 0.25) is 0 Å². The summed E-state index contributed by atoms with van der Waals surface area (Å²) in [5.74, 6) is 2.63. The number of rotatable bonds is 4. The van der Waals surface area contributed by atoms with E-state index in [-0.39, 0.29) is 0 Å². The molecule has 0 saturated heterocycles. The average molecular weight is 189 g/mol. The first-order valence-electron chi connectivity index (χ1n) is 4.67. The molecule has 0 atom stereocenters. The van der Waals surface area contributed by atoms with Crippen LogP contribution < -0.4 is 10.6 Å². The molecule has 0 unspecified atom stereocenters. The Morgan fingerprint density at radius 3 is 3.00 bits per heavy atom. The summed E-state index contributed by atoms with van der Waals surface area (Å²) in [5, 5.41) is 0. The number of nitrogens with two attached hydrogens (primary N) is 1. The van der Waals surface area contributed by atoms with E-state index < -0.39 is 0 Å². The van der Waals surface area contributed by atoms with Crippen molar-refractivity contribution in [1.82, 2.24) is 4.98 Å². The summed E-state index contributed by atoms with van der Waals surface area (Å²) in [4.78, 5) is 6.02. The van der Waals surface area contributed by atoms with Crippen molar-refractivity contribution in [3.05, 3.63) is 18.5 Å². The summed E-state index contributed by atoms with van der Waals surface area (Å²) >= 11 is 0. The number of hydrogen-bond acceptors (Lipinski definition) is 3. The van der Waals surface area contributed by atoms with Gasteiger partial charge in [-0.05, 0) is 12.5 Å². The predicted molar refractivity (Wildman–Crippen MR) is 60.0 cm³/mol. The highest BCUT2D eigenvalue weighted by atomic mass is 15.1. The van der Waals surface area contributed by atoms with Crippen LogP contribution in [0, 0.1) is 12.3 Å². The van der Waals surface area contributed by atoms with Crippen LogP contribution in [0.15, 0.2) is 18.5 Å². The molecule has 1 aromatic heterocycles. The first kappa shape index (κ1) is 10.4. The lowest BCUT2D eigenvalue weighted by Crippen LogP contribution is -2.25. The third-order valence-corrected chi connectivity index (χ3v) is 1.94. The lowest BCUT2D eigenvalue weighted by Gasteiger charge is -2.22. The summed E-state index contributed by atoms with van der Waals surface area (Å²) < 4.78 is 0. The Balaban J connectivity index is 2.88. The van der Waals surface area contributed by atoms with E-state index in [0.29, 0.717) is 12.2 Å². The summed E-state index contributed by atoms with van der Waals surface area (Å²) in [6.45, 7) is 3.61. The van der Waals surface area contributed by atoms with Gasteiger partial charge in [-0.25, -0.2) is 0 Å². The summed E-state index contributed by atoms with van der Waals surface area (Å²) in [5.41, 5.74) is 7.46. The van der Waals surface area contributed by atoms with Gasteiger partial charge in [0.25, 0.3) is 0 Å². The molecule has 0 aliphatic heterocycles. The zero-order valence-electron chi connectivity index (χ0n) is 8.40. The van der Waals surface area contributed by atoms with Crippen molar-refractivity contribution in [2.75, 3.05) is 23.7 Å². The van der Waals surface area contributed by atoms with Gasteiger partial charge < -0.3 is 10.6 Å². The number of terminal acetylenes is 1. The van der Waals surface area contributed by atoms with E-state index in [9.17, 15) is 0 Å². The molecule has 1 heterocycles. The Kier molecular flexibility index (Phi) is 3.81. The van der Waals surface area contributed by atoms with E-state index in [1.54, 1.807) is 12.4 Å². The van der Waals surface area contributed by atoms with Crippen LogP contribution in [0.1, 0.15) is 13.3 Å². The van der Waals surface area contributed by atoms with Crippen molar-refractivity contribution < 1.29 is 0 Å². The van der Waals surface area contributed by atoms with Crippen LogP contribution in [-0.4, -0.2) is 18.1 Å². The lowest BCUT2D eigenvalue weighted by atomic mass is 10.3. The lowest BCUT2D eigenvalue weighted by molar-refractivity contribution is 0.823. The number of aromatic nitrogens is 1. The normalized spacial score (nSPS) is 9.43. The molecule has 0 radical (unpaired) electrons. The van der Waals surface area contributed by atoms with Crippen LogP contribution >= 0.6 is 0 Å². The van der Waals surface area contributed by atoms with Crippen LogP contribution in [0.3, 0.4) is 0 Å². The van der Waals surface area contributed by atoms with Gasteiger partial charge in [-0.2, -0.15) is 0 Å². The van der Waals surface area contributed by atoms with Gasteiger partial charge in [0.15, 0.2) is 0 Å². The molecular formula is C11H15N3. The minimum atomic E-state index is 0.585. The fraction of sp³-hybridized carbons (Fsp3) is 0.364. The number of anilines is 2. The Morgan fingerprint density at radius 1 is 1.64 bits per heavy atom. The monoisotopic (exact) mass is 189 g/mol. The van der Waals surface area contributed by atoms with E-state index in [1.165, 1.54) is 0 Å². The van der Waals surface area contributed by atoms with Gasteiger partial charge in [0.2, 0.25) is 0 Å². The Hall–Kier alpha value is -1.69. The van der Waals surface area contributed by atoms with Crippen LogP contribution in [0.4, 0.5) is 11.4 Å². The van der Waals surface area contributed by atoms with Gasteiger partial charge in [-0.1, -0.05) is 12.8 Å². The van der Waals surface area contributed by atoms with Crippen molar-refractivity contribution in [3.8, 4) is 12.3 Å². The smallest absolute Gasteiger partial charge is 0.0792 e. The molecule has 74 valence electrons. The van der Waals surface area contributed by atoms with Gasteiger partial charge in [-0.3, -0.25) is 4.98 Å². The van der Waals surface area contributed by atoms with Gasteiger partial charge in [0.1, 0.15) is 0 Å². The second-order valence-electron chi connectivity index (χ2n) is 3.06. The molecule has 14 heavy (non-hydrogen) atoms. The topological polar surface area (TPSA) is 42.2 Å². The zero-order chi connectivity index (χ0) is 10.4. The largest absolute Gasteiger partial charge is 0.396 e. The molecule has 1 rings (SSSR count). The minimum Gasteiger partial charge on any atom is -0.396 e. The molecule has 3 heteroatoms. The standard InChI is InChI=1S/C11H15N3/c1-3-7-14(8-4-2)11-5-6-13-9-10(11)12/h1,5-6,9H,4,7-8,12H2,2H3. The molecule has 0 amide bonds. The molecule has 0 bridgehead atoms. The molecule has 0 aliphatic rings. The maximum atomic E-state index is 5.81. The Bertz CT molecular complexity index is 328. The molecule has 0 fully saturated rings. The van der Waals surface area contributed by atoms with Crippen molar-refractivity contribution in [3.63, 3.8) is 0 Å². The van der Waals surface area contributed by atoms with Crippen LogP contribution in [0.5, 0.6) is 0 Å². The van der Waals surface area contributed by atoms with Crippen molar-refractivity contribution in [2.45, 2.75) is 13.3 Å². The third-order valence-electron chi connectivity index (χ3n) is 1.94. The van der Waals surface area contributed by atoms with Crippen LogP contribution in [-0.2, 0) is 0 Å². The number of nitrogens with zero attached hydrogens (tertiary/aromatic N) is 2. The van der Waals surface area contributed by atoms with Crippen molar-refractivity contribution >= 4 is 11.4 Å². The fourth-order valence-corrected chi connectivity index (χ4v) is 1.35. The first-order chi connectivity index (χ1) is 6.79. The number of pyridine rings is 1. The molecule has 0 saturated carbocycles. The van der Waals surface area contributed by atoms with E-state index in [4.69, 9.17) is 12.2 Å². The molecule has 2 N–H and O–H groups in total. The highest BCUT2D eigenvalue weighted by Crippen LogP contribution is 2.20. The summed E-state index contributed by atoms with van der Waals surface area (Å²) in [6, 6.07) is 1.89. The molecule has 0 aliphatic carbocycles. The molecule has 0 aromatic carbocycles. The molecular weight excluding hydrogens is 174 g/mol. The fourth-order valence-electron chi connectivity index (χ4n) is 1.35. The zero-order valence-corrected chi connectivity index (χ0v) is 8.40. The predicted octanol–water partition coefficient (Wildman–Crippen LogP) is 1.51. The second-order valence-corrected chi connectivity index (χ2v) is 3.06. The van der Waals surface area contributed by atoms with E-state index in [0.717, 1.165) is 18.7 Å². The summed E-state index contributed by atoms with van der Waals surface area (Å²) in [6.07, 6.45) is 9.72. The second kappa shape index (κ2) is 5.13. The highest BCUT2D eigenvalue weighted by Gasteiger charge is 2.06. The van der Waals surface area contributed by atoms with Gasteiger partial charge in [0, 0.05) is 12.7 Å². The Morgan fingerprint density at radius 2 is 2.43 bits per heavy atom. The average Bonchev–Trinajstić information content (AvgIpc) is 2.18. The highest BCUT2D eigenvalue weighted by molar-refractivity contribution is 5.66. The molecule has 3 nitrogen and oxygen atoms in total. The maximum Gasteiger partial charge on any atom is 0.0792 e. The van der Waals surface area contributed by atoms with Gasteiger partial charge >= 0.3 is 0 Å². The SMILES string of the molecule is C#CCN(CCC)c1ccncc1N. The van der Waals surface area contributed by atoms with Gasteiger partial charge in [-0.15, -0.1) is 6.42 Å². The Labute approximate surface area is 84.9 Å². The summed E-state index contributed by atoms with van der Waals surface area (Å²) in [7, 11) is 0. The van der Waals surface area contributed by atoms with E-state index in [2.05, 4.69) is 22.7 Å². The molecule has 1 aromatic rings. The van der Waals surface area contributed by atoms with Crippen molar-refractivity contribution in [1.29, 1.82) is 0 Å². The first-order valence-corrected chi connectivity index (χ1v) is 4.67.